The molecule has 14 rings (SSSR count). The largest absolute Gasteiger partial charge is 0.310 e. The number of anilines is 3. The molecule has 350 valence electrons. The fourth-order valence-corrected chi connectivity index (χ4v) is 14.7. The molecule has 3 unspecified atom stereocenters. The van der Waals surface area contributed by atoms with Gasteiger partial charge in [-0.3, -0.25) is 0 Å². The monoisotopic (exact) mass is 953 g/mol. The van der Waals surface area contributed by atoms with Gasteiger partial charge < -0.3 is 4.90 Å². The van der Waals surface area contributed by atoms with Gasteiger partial charge in [0, 0.05) is 37.1 Å². The van der Waals surface area contributed by atoms with E-state index in [2.05, 4.69) is 274 Å². The van der Waals surface area contributed by atoms with Gasteiger partial charge in [0.05, 0.1) is 11.1 Å². The van der Waals surface area contributed by atoms with Crippen LogP contribution < -0.4 is 4.90 Å². The van der Waals surface area contributed by atoms with Crippen LogP contribution in [0.15, 0.2) is 249 Å². The van der Waals surface area contributed by atoms with Gasteiger partial charge in [-0.05, 0) is 150 Å². The lowest BCUT2D eigenvalue weighted by Crippen LogP contribution is -2.28. The van der Waals surface area contributed by atoms with Gasteiger partial charge in [0.15, 0.2) is 0 Å². The van der Waals surface area contributed by atoms with Gasteiger partial charge in [-0.1, -0.05) is 221 Å². The topological polar surface area (TPSA) is 3.24 Å². The summed E-state index contributed by atoms with van der Waals surface area (Å²) in [5.41, 5.74) is 21.1. The predicted molar refractivity (Wildman–Crippen MR) is 310 cm³/mol. The molecule has 0 saturated heterocycles. The van der Waals surface area contributed by atoms with Gasteiger partial charge in [-0.25, -0.2) is 0 Å². The molecule has 2 heteroatoms. The van der Waals surface area contributed by atoms with Crippen molar-refractivity contribution in [2.24, 2.45) is 11.8 Å². The van der Waals surface area contributed by atoms with E-state index in [1.807, 2.05) is 11.3 Å². The van der Waals surface area contributed by atoms with Crippen LogP contribution in [-0.2, 0) is 10.8 Å². The Balaban J connectivity index is 0.929. The normalized spacial score (nSPS) is 17.8. The molecule has 0 N–H and O–H groups in total. The van der Waals surface area contributed by atoms with Gasteiger partial charge in [-0.15, -0.1) is 11.3 Å². The number of allylic oxidation sites excluding steroid dienone is 2. The van der Waals surface area contributed by atoms with Gasteiger partial charge in [0.1, 0.15) is 0 Å². The maximum absolute atomic E-state index is 2.52. The van der Waals surface area contributed by atoms with Crippen molar-refractivity contribution in [2.75, 3.05) is 4.90 Å². The first-order chi connectivity index (χ1) is 35.9. The number of rotatable bonds is 8. The molecular formula is C71H55NS. The minimum absolute atomic E-state index is 0.0211. The Morgan fingerprint density at radius 3 is 1.74 bits per heavy atom. The number of benzene rings is 10. The molecule has 10 aromatic carbocycles. The predicted octanol–water partition coefficient (Wildman–Crippen LogP) is 19.5. The SMILES string of the molecule is CC1C=CC2C(C1)c1ccc(N(c3ccc(-c4ccccc4)cc3)c3ccccc3-c3ccc(-c4cc(C5(c6ccccc6)c6ccccc6-c6ccccc65)cc5c4sc4ccccc45)cc3)cc1C2(C)C. The van der Waals surface area contributed by atoms with E-state index in [0.29, 0.717) is 17.8 Å². The molecule has 3 atom stereocenters. The van der Waals surface area contributed by atoms with Crippen LogP contribution in [0.2, 0.25) is 0 Å². The molecule has 0 amide bonds. The zero-order valence-corrected chi connectivity index (χ0v) is 42.3. The van der Waals surface area contributed by atoms with E-state index in [4.69, 9.17) is 0 Å². The van der Waals surface area contributed by atoms with Crippen molar-refractivity contribution >= 4 is 48.6 Å². The molecule has 0 fully saturated rings. The Hall–Kier alpha value is -8.04. The average molecular weight is 954 g/mol. The average Bonchev–Trinajstić information content (AvgIpc) is 4.06. The fourth-order valence-electron chi connectivity index (χ4n) is 13.5. The number of nitrogens with zero attached hydrogens (tertiary/aromatic N) is 1. The van der Waals surface area contributed by atoms with E-state index in [-0.39, 0.29) is 5.41 Å². The van der Waals surface area contributed by atoms with E-state index in [9.17, 15) is 0 Å². The van der Waals surface area contributed by atoms with E-state index in [0.717, 1.165) is 11.4 Å². The lowest BCUT2D eigenvalue weighted by molar-refractivity contribution is 0.325. The number of hydrogen-bond acceptors (Lipinski definition) is 2. The van der Waals surface area contributed by atoms with Crippen molar-refractivity contribution < 1.29 is 0 Å². The van der Waals surface area contributed by atoms with Crippen LogP contribution >= 0.6 is 11.3 Å². The Kier molecular flexibility index (Phi) is 10.2. The van der Waals surface area contributed by atoms with Crippen LogP contribution in [-0.4, -0.2) is 0 Å². The fraction of sp³-hybridized carbons (Fsp3) is 0.127. The van der Waals surface area contributed by atoms with Gasteiger partial charge in [-0.2, -0.15) is 0 Å². The Labute approximate surface area is 433 Å². The standard InChI is InChI=1S/C71H55NS/c1-46-30-41-63-61(42-46)58-40-39-54(45-66(58)70(63,2)3)72(53-37-35-48(36-38-53)47-18-6-4-7-19-47)67-28-16-12-22-55(67)49-31-33-50(34-32-49)60-43-52(44-62-59-25-13-17-29-68(59)73-69(60)62)71(51-20-8-5-9-21-51)64-26-14-10-23-56(64)57-24-11-15-27-65(57)71/h4-41,43-46,61,63H,42H2,1-3H3. The molecule has 0 spiro atoms. The van der Waals surface area contributed by atoms with Crippen molar-refractivity contribution in [1.82, 2.24) is 0 Å². The highest BCUT2D eigenvalue weighted by Crippen LogP contribution is 2.59. The minimum atomic E-state index is -0.512. The smallest absolute Gasteiger partial charge is 0.0714 e. The van der Waals surface area contributed by atoms with Gasteiger partial charge >= 0.3 is 0 Å². The van der Waals surface area contributed by atoms with Crippen molar-refractivity contribution in [3.63, 3.8) is 0 Å². The maximum Gasteiger partial charge on any atom is 0.0714 e. The van der Waals surface area contributed by atoms with E-state index >= 15 is 0 Å². The third-order valence-electron chi connectivity index (χ3n) is 16.9. The molecule has 0 radical (unpaired) electrons. The first kappa shape index (κ1) is 43.7. The van der Waals surface area contributed by atoms with E-state index in [1.54, 1.807) is 0 Å². The summed E-state index contributed by atoms with van der Waals surface area (Å²) in [6, 6.07) is 89.0. The molecule has 73 heavy (non-hydrogen) atoms. The molecule has 1 aromatic heterocycles. The summed E-state index contributed by atoms with van der Waals surface area (Å²) in [6.45, 7) is 7.29. The van der Waals surface area contributed by atoms with E-state index < -0.39 is 5.41 Å². The molecule has 0 bridgehead atoms. The molecule has 3 aliphatic rings. The highest BCUT2D eigenvalue weighted by atomic mass is 32.1. The molecule has 3 aliphatic carbocycles. The molecule has 1 nitrogen and oxygen atoms in total. The maximum atomic E-state index is 2.52. The first-order valence-corrected chi connectivity index (χ1v) is 26.9. The zero-order valence-electron chi connectivity index (χ0n) is 41.5. The van der Waals surface area contributed by atoms with Crippen molar-refractivity contribution in [1.29, 1.82) is 0 Å². The minimum Gasteiger partial charge on any atom is -0.310 e. The van der Waals surface area contributed by atoms with Crippen LogP contribution in [0, 0.1) is 11.8 Å². The lowest BCUT2D eigenvalue weighted by atomic mass is 9.67. The third kappa shape index (κ3) is 6.80. The van der Waals surface area contributed by atoms with Crippen LogP contribution in [0.1, 0.15) is 66.5 Å². The van der Waals surface area contributed by atoms with Crippen LogP contribution in [0.5, 0.6) is 0 Å². The molecule has 0 aliphatic heterocycles. The molecule has 1 heterocycles. The highest BCUT2D eigenvalue weighted by Gasteiger charge is 2.48. The summed E-state index contributed by atoms with van der Waals surface area (Å²) in [5, 5.41) is 2.60. The summed E-state index contributed by atoms with van der Waals surface area (Å²) in [5.74, 6) is 1.64. The second-order valence-electron chi connectivity index (χ2n) is 21.3. The molecule has 11 aromatic rings. The summed E-state index contributed by atoms with van der Waals surface area (Å²) in [6.07, 6.45) is 6.18. The first-order valence-electron chi connectivity index (χ1n) is 26.0. The molecular weight excluding hydrogens is 899 g/mol. The van der Waals surface area contributed by atoms with Crippen molar-refractivity contribution in [2.45, 2.75) is 43.9 Å². The summed E-state index contributed by atoms with van der Waals surface area (Å²) < 4.78 is 2.62. The Morgan fingerprint density at radius 2 is 1.01 bits per heavy atom. The quantitative estimate of drug-likeness (QED) is 0.137. The molecule has 0 saturated carbocycles. The zero-order chi connectivity index (χ0) is 48.8. The summed E-state index contributed by atoms with van der Waals surface area (Å²) in [7, 11) is 0. The highest BCUT2D eigenvalue weighted by molar-refractivity contribution is 7.26. The van der Waals surface area contributed by atoms with Gasteiger partial charge in [0.2, 0.25) is 0 Å². The van der Waals surface area contributed by atoms with Crippen LogP contribution in [0.3, 0.4) is 0 Å². The van der Waals surface area contributed by atoms with Crippen LogP contribution in [0.25, 0.3) is 64.7 Å². The summed E-state index contributed by atoms with van der Waals surface area (Å²) >= 11 is 1.91. The lowest BCUT2D eigenvalue weighted by Gasteiger charge is -2.34. The number of para-hydroxylation sites is 1. The second-order valence-corrected chi connectivity index (χ2v) is 22.3. The van der Waals surface area contributed by atoms with Crippen molar-refractivity contribution in [3.8, 4) is 44.5 Å². The third-order valence-corrected chi connectivity index (χ3v) is 18.1. The number of fused-ring (bicyclic) bond motifs is 9. The van der Waals surface area contributed by atoms with Crippen molar-refractivity contribution in [3.05, 3.63) is 282 Å². The number of hydrogen-bond donors (Lipinski definition) is 0. The summed E-state index contributed by atoms with van der Waals surface area (Å²) in [4.78, 5) is 2.50. The number of thiophene rings is 1. The van der Waals surface area contributed by atoms with Crippen LogP contribution in [0.4, 0.5) is 17.1 Å². The second kappa shape index (κ2) is 17.0. The van der Waals surface area contributed by atoms with E-state index in [1.165, 1.54) is 110 Å². The van der Waals surface area contributed by atoms with Gasteiger partial charge in [0.25, 0.3) is 0 Å². The Morgan fingerprint density at radius 1 is 0.438 bits per heavy atom. The Bertz CT molecular complexity index is 3890.